The predicted molar refractivity (Wildman–Crippen MR) is 59.2 cm³/mol. The Kier molecular flexibility index (Phi) is 2.92. The van der Waals surface area contributed by atoms with Crippen LogP contribution in [0.15, 0.2) is 0 Å². The van der Waals surface area contributed by atoms with Gasteiger partial charge in [0.15, 0.2) is 0 Å². The first kappa shape index (κ1) is 12.7. The molecular formula is C11H12F3N3O. The van der Waals surface area contributed by atoms with Crippen LogP contribution in [0.4, 0.5) is 23.7 Å². The molecule has 0 aromatic carbocycles. The van der Waals surface area contributed by atoms with Gasteiger partial charge in [-0.1, -0.05) is 0 Å². The molecule has 1 heterocycles. The number of aromatic nitrogens is 1. The number of hydrogen-bond donors (Lipinski definition) is 2. The number of alkyl halides is 3. The Hall–Kier alpha value is -1.79. The summed E-state index contributed by atoms with van der Waals surface area (Å²) in [4.78, 5) is 14.6. The fraction of sp³-hybridized carbons (Fsp3) is 0.455. The molecule has 4 nitrogen and oxygen atoms in total. The van der Waals surface area contributed by atoms with Gasteiger partial charge in [0.2, 0.25) is 0 Å². The van der Waals surface area contributed by atoms with Crippen LogP contribution in [0.2, 0.25) is 0 Å². The summed E-state index contributed by atoms with van der Waals surface area (Å²) >= 11 is 0. The van der Waals surface area contributed by atoms with Crippen LogP contribution in [0, 0.1) is 6.92 Å². The highest BCUT2D eigenvalue weighted by atomic mass is 19.4. The molecule has 0 saturated carbocycles. The molecule has 0 atom stereocenters. The molecule has 2 amide bonds. The largest absolute Gasteiger partial charge is 0.433 e. The summed E-state index contributed by atoms with van der Waals surface area (Å²) < 4.78 is 38.5. The average Bonchev–Trinajstić information content (AvgIpc) is 2.67. The molecule has 1 aliphatic carbocycles. The summed E-state index contributed by atoms with van der Waals surface area (Å²) in [6.45, 7) is 1.29. The third kappa shape index (κ3) is 2.12. The van der Waals surface area contributed by atoms with Gasteiger partial charge in [0, 0.05) is 11.3 Å². The molecule has 0 spiro atoms. The molecule has 0 unspecified atom stereocenters. The molecule has 0 saturated heterocycles. The zero-order valence-corrected chi connectivity index (χ0v) is 9.69. The Morgan fingerprint density at radius 3 is 2.61 bits per heavy atom. The van der Waals surface area contributed by atoms with Gasteiger partial charge >= 0.3 is 12.2 Å². The summed E-state index contributed by atoms with van der Waals surface area (Å²) in [5, 5.41) is 2.28. The van der Waals surface area contributed by atoms with Gasteiger partial charge < -0.3 is 11.1 Å². The second-order valence-electron chi connectivity index (χ2n) is 4.23. The van der Waals surface area contributed by atoms with Gasteiger partial charge in [0.1, 0.15) is 5.69 Å². The fourth-order valence-electron chi connectivity index (χ4n) is 2.25. The van der Waals surface area contributed by atoms with Crippen LogP contribution in [-0.2, 0) is 19.0 Å². The van der Waals surface area contributed by atoms with Gasteiger partial charge in [0.25, 0.3) is 0 Å². The highest BCUT2D eigenvalue weighted by Crippen LogP contribution is 2.38. The lowest BCUT2D eigenvalue weighted by atomic mass is 10.1. The smallest absolute Gasteiger partial charge is 0.351 e. The Labute approximate surface area is 101 Å². The number of carbonyl (C=O) groups is 1. The maximum Gasteiger partial charge on any atom is 0.433 e. The van der Waals surface area contributed by atoms with Gasteiger partial charge in [-0.15, -0.1) is 0 Å². The van der Waals surface area contributed by atoms with Crippen molar-refractivity contribution in [3.8, 4) is 0 Å². The van der Waals surface area contributed by atoms with E-state index >= 15 is 0 Å². The zero-order valence-electron chi connectivity index (χ0n) is 9.69. The van der Waals surface area contributed by atoms with E-state index in [2.05, 4.69) is 10.3 Å². The minimum atomic E-state index is -4.53. The van der Waals surface area contributed by atoms with Crippen molar-refractivity contribution in [1.82, 2.24) is 4.98 Å². The molecule has 0 bridgehead atoms. The molecule has 2 rings (SSSR count). The van der Waals surface area contributed by atoms with Crippen molar-refractivity contribution in [3.05, 3.63) is 22.5 Å². The number of amides is 2. The summed E-state index contributed by atoms with van der Waals surface area (Å²) in [5.41, 5.74) is 5.19. The number of rotatable bonds is 1. The zero-order chi connectivity index (χ0) is 13.5. The summed E-state index contributed by atoms with van der Waals surface area (Å²) in [6, 6.07) is -0.869. The van der Waals surface area contributed by atoms with Crippen molar-refractivity contribution in [3.63, 3.8) is 0 Å². The maximum atomic E-state index is 12.8. The number of pyridine rings is 1. The number of nitrogens with zero attached hydrogens (tertiary/aromatic N) is 1. The normalized spacial score (nSPS) is 14.4. The lowest BCUT2D eigenvalue weighted by molar-refractivity contribution is -0.141. The monoisotopic (exact) mass is 259 g/mol. The SMILES string of the molecule is Cc1c(C(F)(F)F)nc2c(c1NC(N)=O)CCC2. The number of aryl methyl sites for hydroxylation is 1. The van der Waals surface area contributed by atoms with Crippen molar-refractivity contribution >= 4 is 11.7 Å². The van der Waals surface area contributed by atoms with E-state index < -0.39 is 17.9 Å². The molecule has 1 aromatic heterocycles. The van der Waals surface area contributed by atoms with Crippen LogP contribution in [0.5, 0.6) is 0 Å². The quantitative estimate of drug-likeness (QED) is 0.813. The number of nitrogens with two attached hydrogens (primary N) is 1. The van der Waals surface area contributed by atoms with Crippen LogP contribution in [-0.4, -0.2) is 11.0 Å². The topological polar surface area (TPSA) is 68.0 Å². The minimum Gasteiger partial charge on any atom is -0.351 e. The van der Waals surface area contributed by atoms with E-state index in [9.17, 15) is 18.0 Å². The summed E-state index contributed by atoms with van der Waals surface area (Å²) in [5.74, 6) is 0. The maximum absolute atomic E-state index is 12.8. The number of anilines is 1. The lowest BCUT2D eigenvalue weighted by Crippen LogP contribution is -2.23. The second-order valence-corrected chi connectivity index (χ2v) is 4.23. The van der Waals surface area contributed by atoms with Crippen LogP contribution in [0.25, 0.3) is 0 Å². The third-order valence-corrected chi connectivity index (χ3v) is 2.98. The van der Waals surface area contributed by atoms with Crippen LogP contribution >= 0.6 is 0 Å². The van der Waals surface area contributed by atoms with Crippen molar-refractivity contribution in [1.29, 1.82) is 0 Å². The summed E-state index contributed by atoms with van der Waals surface area (Å²) in [6.07, 6.45) is -2.70. The number of nitrogens with one attached hydrogen (secondary N) is 1. The van der Waals surface area contributed by atoms with Crippen molar-refractivity contribution in [2.45, 2.75) is 32.4 Å². The van der Waals surface area contributed by atoms with Gasteiger partial charge in [-0.3, -0.25) is 0 Å². The van der Waals surface area contributed by atoms with Crippen LogP contribution < -0.4 is 11.1 Å². The van der Waals surface area contributed by atoms with Crippen molar-refractivity contribution < 1.29 is 18.0 Å². The van der Waals surface area contributed by atoms with E-state index in [0.717, 1.165) is 6.42 Å². The molecule has 0 radical (unpaired) electrons. The Morgan fingerprint density at radius 1 is 1.39 bits per heavy atom. The highest BCUT2D eigenvalue weighted by molar-refractivity contribution is 5.90. The van der Waals surface area contributed by atoms with Crippen LogP contribution in [0.3, 0.4) is 0 Å². The Bertz CT molecular complexity index is 511. The fourth-order valence-corrected chi connectivity index (χ4v) is 2.25. The van der Waals surface area contributed by atoms with Gasteiger partial charge in [-0.2, -0.15) is 13.2 Å². The number of hydrogen-bond acceptors (Lipinski definition) is 2. The minimum absolute atomic E-state index is 0.0815. The first-order valence-electron chi connectivity index (χ1n) is 5.46. The third-order valence-electron chi connectivity index (χ3n) is 2.98. The molecule has 1 aromatic rings. The predicted octanol–water partition coefficient (Wildman–Crippen LogP) is 2.39. The van der Waals surface area contributed by atoms with Gasteiger partial charge in [0.05, 0.1) is 5.69 Å². The van der Waals surface area contributed by atoms with Crippen molar-refractivity contribution in [2.24, 2.45) is 5.73 Å². The number of urea groups is 1. The molecular weight excluding hydrogens is 247 g/mol. The first-order valence-corrected chi connectivity index (χ1v) is 5.46. The van der Waals surface area contributed by atoms with E-state index in [0.29, 0.717) is 24.1 Å². The molecule has 0 aliphatic heterocycles. The Morgan fingerprint density at radius 2 is 2.06 bits per heavy atom. The lowest BCUT2D eigenvalue weighted by Gasteiger charge is -2.17. The number of primary amides is 1. The van der Waals surface area contributed by atoms with E-state index in [-0.39, 0.29) is 11.3 Å². The van der Waals surface area contributed by atoms with Crippen LogP contribution in [0.1, 0.15) is 28.9 Å². The highest BCUT2D eigenvalue weighted by Gasteiger charge is 2.37. The summed E-state index contributed by atoms with van der Waals surface area (Å²) in [7, 11) is 0. The number of carbonyl (C=O) groups excluding carboxylic acids is 1. The Balaban J connectivity index is 2.63. The standard InChI is InChI=1S/C11H12F3N3O/c1-5-8(17-10(15)18)6-3-2-4-7(6)16-9(5)11(12,13)14/h2-4H2,1H3,(H3,15,16,17,18). The van der Waals surface area contributed by atoms with E-state index in [4.69, 9.17) is 5.73 Å². The number of fused-ring (bicyclic) bond motifs is 1. The molecule has 1 aliphatic rings. The average molecular weight is 259 g/mol. The molecule has 7 heteroatoms. The molecule has 98 valence electrons. The molecule has 3 N–H and O–H groups in total. The number of halogens is 3. The van der Waals surface area contributed by atoms with Gasteiger partial charge in [-0.05, 0) is 31.7 Å². The molecule has 18 heavy (non-hydrogen) atoms. The first-order chi connectivity index (χ1) is 8.30. The van der Waals surface area contributed by atoms with E-state index in [1.165, 1.54) is 6.92 Å². The van der Waals surface area contributed by atoms with Gasteiger partial charge in [-0.25, -0.2) is 9.78 Å². The second kappa shape index (κ2) is 4.15. The van der Waals surface area contributed by atoms with E-state index in [1.54, 1.807) is 0 Å². The van der Waals surface area contributed by atoms with E-state index in [1.807, 2.05) is 0 Å². The molecule has 0 fully saturated rings. The van der Waals surface area contributed by atoms with Crippen molar-refractivity contribution in [2.75, 3.05) is 5.32 Å².